The number of carbonyl (C=O) groups is 1. The highest BCUT2D eigenvalue weighted by Crippen LogP contribution is 2.24. The second-order valence-corrected chi connectivity index (χ2v) is 6.27. The molecule has 4 nitrogen and oxygen atoms in total. The van der Waals surface area contributed by atoms with Gasteiger partial charge in [0.25, 0.3) is 0 Å². The Morgan fingerprint density at radius 1 is 1.24 bits per heavy atom. The van der Waals surface area contributed by atoms with Crippen LogP contribution in [-0.2, 0) is 4.79 Å². The van der Waals surface area contributed by atoms with Gasteiger partial charge in [-0.05, 0) is 54.3 Å². The first-order valence-electron chi connectivity index (χ1n) is 8.28. The van der Waals surface area contributed by atoms with Crippen molar-refractivity contribution in [2.24, 2.45) is 0 Å². The van der Waals surface area contributed by atoms with Crippen LogP contribution in [0.5, 0.6) is 5.75 Å². The Labute approximate surface area is 146 Å². The van der Waals surface area contributed by atoms with Crippen molar-refractivity contribution in [3.05, 3.63) is 65.5 Å². The molecule has 130 valence electrons. The van der Waals surface area contributed by atoms with Gasteiger partial charge in [-0.2, -0.15) is 0 Å². The molecule has 1 heterocycles. The number of halogens is 1. The first-order chi connectivity index (χ1) is 12.0. The first kappa shape index (κ1) is 17.2. The fourth-order valence-electron chi connectivity index (χ4n) is 2.91. The van der Waals surface area contributed by atoms with Crippen LogP contribution in [0.1, 0.15) is 17.5 Å². The van der Waals surface area contributed by atoms with Crippen LogP contribution in [0.3, 0.4) is 0 Å². The van der Waals surface area contributed by atoms with Gasteiger partial charge in [0.15, 0.2) is 0 Å². The summed E-state index contributed by atoms with van der Waals surface area (Å²) in [5.41, 5.74) is 3.67. The molecule has 2 aromatic carbocycles. The lowest BCUT2D eigenvalue weighted by Gasteiger charge is -2.26. The van der Waals surface area contributed by atoms with E-state index in [-0.39, 0.29) is 24.0 Å². The van der Waals surface area contributed by atoms with Crippen molar-refractivity contribution >= 4 is 17.2 Å². The van der Waals surface area contributed by atoms with Gasteiger partial charge >= 0.3 is 0 Å². The molecule has 25 heavy (non-hydrogen) atoms. The molecule has 0 aliphatic carbocycles. The van der Waals surface area contributed by atoms with Crippen LogP contribution in [0.25, 0.3) is 5.57 Å². The van der Waals surface area contributed by atoms with Crippen LogP contribution >= 0.6 is 0 Å². The van der Waals surface area contributed by atoms with Gasteiger partial charge in [0.2, 0.25) is 5.91 Å². The normalized spacial score (nSPS) is 14.9. The number of hydrogen-bond acceptors (Lipinski definition) is 3. The van der Waals surface area contributed by atoms with Gasteiger partial charge in [0, 0.05) is 18.8 Å². The lowest BCUT2D eigenvalue weighted by molar-refractivity contribution is -0.117. The van der Waals surface area contributed by atoms with E-state index in [0.29, 0.717) is 12.2 Å². The highest BCUT2D eigenvalue weighted by atomic mass is 19.1. The molecule has 0 bridgehead atoms. The fourth-order valence-corrected chi connectivity index (χ4v) is 2.91. The smallest absolute Gasteiger partial charge is 0.238 e. The molecule has 0 atom stereocenters. The largest absolute Gasteiger partial charge is 0.508 e. The molecule has 0 aromatic heterocycles. The number of benzene rings is 2. The molecule has 0 saturated carbocycles. The molecule has 0 spiro atoms. The van der Waals surface area contributed by atoms with Crippen LogP contribution in [0.2, 0.25) is 0 Å². The average molecular weight is 340 g/mol. The van der Waals surface area contributed by atoms with Gasteiger partial charge in [-0.3, -0.25) is 9.69 Å². The first-order valence-corrected chi connectivity index (χ1v) is 8.28. The molecule has 5 heteroatoms. The molecule has 2 N–H and O–H groups in total. The molecule has 1 amide bonds. The Hall–Kier alpha value is -2.66. The van der Waals surface area contributed by atoms with E-state index in [0.717, 1.165) is 24.1 Å². The topological polar surface area (TPSA) is 52.6 Å². The molecule has 0 radical (unpaired) electrons. The lowest BCUT2D eigenvalue weighted by Crippen LogP contribution is -2.36. The number of phenolic OH excluding ortho intramolecular Hbond substituents is 1. The Bertz CT molecular complexity index is 800. The van der Waals surface area contributed by atoms with Gasteiger partial charge < -0.3 is 10.4 Å². The maximum atomic E-state index is 13.3. The Morgan fingerprint density at radius 3 is 2.68 bits per heavy atom. The van der Waals surface area contributed by atoms with Crippen molar-refractivity contribution < 1.29 is 14.3 Å². The van der Waals surface area contributed by atoms with E-state index < -0.39 is 0 Å². The average Bonchev–Trinajstić information content (AvgIpc) is 2.59. The molecule has 0 unspecified atom stereocenters. The van der Waals surface area contributed by atoms with Crippen molar-refractivity contribution in [2.45, 2.75) is 13.3 Å². The number of aromatic hydroxyl groups is 1. The van der Waals surface area contributed by atoms with Gasteiger partial charge in [-0.15, -0.1) is 0 Å². The third-order valence-electron chi connectivity index (χ3n) is 4.37. The minimum Gasteiger partial charge on any atom is -0.508 e. The van der Waals surface area contributed by atoms with Crippen LogP contribution in [0.15, 0.2) is 48.5 Å². The fraction of sp³-hybridized carbons (Fsp3) is 0.250. The molecular formula is C20H21FN2O2. The lowest BCUT2D eigenvalue weighted by atomic mass is 9.99. The molecule has 1 aliphatic rings. The van der Waals surface area contributed by atoms with Crippen molar-refractivity contribution in [1.82, 2.24) is 4.90 Å². The van der Waals surface area contributed by atoms with E-state index in [4.69, 9.17) is 0 Å². The Kier molecular flexibility index (Phi) is 5.14. The van der Waals surface area contributed by atoms with Crippen LogP contribution in [-0.4, -0.2) is 35.5 Å². The van der Waals surface area contributed by atoms with Crippen molar-refractivity contribution in [3.63, 3.8) is 0 Å². The Balaban J connectivity index is 1.57. The molecule has 3 rings (SSSR count). The highest BCUT2D eigenvalue weighted by Gasteiger charge is 2.16. The van der Waals surface area contributed by atoms with Gasteiger partial charge in [0.05, 0.1) is 6.54 Å². The van der Waals surface area contributed by atoms with Gasteiger partial charge in [-0.1, -0.05) is 24.3 Å². The van der Waals surface area contributed by atoms with E-state index in [1.807, 2.05) is 24.0 Å². The SMILES string of the molecule is Cc1ccc(F)cc1NC(=O)CN1CC=C(c2ccc(O)cc2)CC1. The standard InChI is InChI=1S/C20H21FN2O2/c1-14-2-5-17(21)12-19(14)22-20(25)13-23-10-8-16(9-11-23)15-3-6-18(24)7-4-15/h2-8,12,24H,9-11,13H2,1H3,(H,22,25). The zero-order valence-electron chi connectivity index (χ0n) is 14.1. The van der Waals surface area contributed by atoms with E-state index in [9.17, 15) is 14.3 Å². The number of rotatable bonds is 4. The number of nitrogens with one attached hydrogen (secondary N) is 1. The monoisotopic (exact) mass is 340 g/mol. The van der Waals surface area contributed by atoms with Crippen LogP contribution < -0.4 is 5.32 Å². The molecular weight excluding hydrogens is 319 g/mol. The maximum Gasteiger partial charge on any atom is 0.238 e. The minimum absolute atomic E-state index is 0.143. The molecule has 0 saturated heterocycles. The minimum atomic E-state index is -0.361. The summed E-state index contributed by atoms with van der Waals surface area (Å²) in [4.78, 5) is 14.3. The summed E-state index contributed by atoms with van der Waals surface area (Å²) in [6, 6.07) is 11.5. The van der Waals surface area contributed by atoms with Crippen LogP contribution in [0.4, 0.5) is 10.1 Å². The van der Waals surface area contributed by atoms with Crippen molar-refractivity contribution in [2.75, 3.05) is 25.0 Å². The molecule has 1 aliphatic heterocycles. The third kappa shape index (κ3) is 4.45. The maximum absolute atomic E-state index is 13.3. The predicted molar refractivity (Wildman–Crippen MR) is 96.9 cm³/mol. The van der Waals surface area contributed by atoms with E-state index in [1.54, 1.807) is 18.2 Å². The number of nitrogens with zero attached hydrogens (tertiary/aromatic N) is 1. The third-order valence-corrected chi connectivity index (χ3v) is 4.37. The van der Waals surface area contributed by atoms with Crippen molar-refractivity contribution in [3.8, 4) is 5.75 Å². The number of hydrogen-bond donors (Lipinski definition) is 2. The number of amides is 1. The van der Waals surface area contributed by atoms with E-state index in [2.05, 4.69) is 11.4 Å². The van der Waals surface area contributed by atoms with Gasteiger partial charge in [0.1, 0.15) is 11.6 Å². The van der Waals surface area contributed by atoms with E-state index >= 15 is 0 Å². The second kappa shape index (κ2) is 7.49. The predicted octanol–water partition coefficient (Wildman–Crippen LogP) is 3.57. The summed E-state index contributed by atoms with van der Waals surface area (Å²) < 4.78 is 13.3. The second-order valence-electron chi connectivity index (χ2n) is 6.27. The summed E-state index contributed by atoms with van der Waals surface area (Å²) in [5, 5.41) is 12.1. The highest BCUT2D eigenvalue weighted by molar-refractivity contribution is 5.93. The number of phenols is 1. The van der Waals surface area contributed by atoms with Crippen LogP contribution in [0, 0.1) is 12.7 Å². The van der Waals surface area contributed by atoms with Gasteiger partial charge in [-0.25, -0.2) is 4.39 Å². The number of carbonyl (C=O) groups excluding carboxylic acids is 1. The Morgan fingerprint density at radius 2 is 2.00 bits per heavy atom. The van der Waals surface area contributed by atoms with Crippen molar-refractivity contribution in [1.29, 1.82) is 0 Å². The summed E-state index contributed by atoms with van der Waals surface area (Å²) in [6.07, 6.45) is 2.95. The summed E-state index contributed by atoms with van der Waals surface area (Å²) >= 11 is 0. The zero-order chi connectivity index (χ0) is 17.8. The molecule has 2 aromatic rings. The summed E-state index contributed by atoms with van der Waals surface area (Å²) in [5.74, 6) is -0.248. The summed E-state index contributed by atoms with van der Waals surface area (Å²) in [7, 11) is 0. The quantitative estimate of drug-likeness (QED) is 0.895. The van der Waals surface area contributed by atoms with E-state index in [1.165, 1.54) is 17.7 Å². The number of aryl methyl sites for hydroxylation is 1. The summed E-state index contributed by atoms with van der Waals surface area (Å²) in [6.45, 7) is 3.58. The molecule has 0 fully saturated rings. The number of anilines is 1. The zero-order valence-corrected chi connectivity index (χ0v) is 14.1.